The second-order valence-corrected chi connectivity index (χ2v) is 7.86. The van der Waals surface area contributed by atoms with Gasteiger partial charge in [0.25, 0.3) is 0 Å². The summed E-state index contributed by atoms with van der Waals surface area (Å²) >= 11 is 0. The van der Waals surface area contributed by atoms with Gasteiger partial charge in [0, 0.05) is 6.26 Å². The third-order valence-electron chi connectivity index (χ3n) is 3.79. The van der Waals surface area contributed by atoms with Crippen LogP contribution in [-0.4, -0.2) is 10.5 Å². The molecule has 0 saturated heterocycles. The van der Waals surface area contributed by atoms with Crippen LogP contribution in [0.1, 0.15) is 5.56 Å². The second-order valence-electron chi connectivity index (χ2n) is 5.76. The molecule has 0 bridgehead atoms. The van der Waals surface area contributed by atoms with E-state index < -0.39 is 9.73 Å². The average molecular weight is 321 g/mol. The minimum atomic E-state index is -2.88. The third-order valence-corrected chi connectivity index (χ3v) is 5.01. The lowest BCUT2D eigenvalue weighted by Crippen LogP contribution is -2.02. The number of hydrogen-bond acceptors (Lipinski definition) is 2. The van der Waals surface area contributed by atoms with Gasteiger partial charge in [-0.05, 0) is 34.7 Å². The summed E-state index contributed by atoms with van der Waals surface area (Å²) < 4.78 is 21.0. The minimum absolute atomic E-state index is 0.612. The number of aryl methyl sites for hydroxylation is 1. The van der Waals surface area contributed by atoms with Crippen LogP contribution in [0.3, 0.4) is 0 Å². The van der Waals surface area contributed by atoms with Gasteiger partial charge in [0.1, 0.15) is 0 Å². The molecule has 0 amide bonds. The molecule has 3 aromatic carbocycles. The summed E-state index contributed by atoms with van der Waals surface area (Å²) in [4.78, 5) is 0.612. The molecule has 0 aliphatic heterocycles. The monoisotopic (exact) mass is 321 g/mol. The highest BCUT2D eigenvalue weighted by Gasteiger charge is 2.18. The maximum Gasteiger partial charge on any atom is 0.0709 e. The molecule has 0 aromatic heterocycles. The van der Waals surface area contributed by atoms with Gasteiger partial charge in [0.2, 0.25) is 0 Å². The van der Waals surface area contributed by atoms with E-state index in [1.54, 1.807) is 0 Å². The molecule has 2 nitrogen and oxygen atoms in total. The first-order chi connectivity index (χ1) is 11.0. The summed E-state index contributed by atoms with van der Waals surface area (Å²) in [5, 5.41) is 0. The van der Waals surface area contributed by atoms with E-state index in [1.807, 2.05) is 79.7 Å². The first-order valence-electron chi connectivity index (χ1n) is 7.46. The summed E-state index contributed by atoms with van der Waals surface area (Å²) in [6, 6.07) is 23.8. The molecule has 0 radical (unpaired) electrons. The van der Waals surface area contributed by atoms with Gasteiger partial charge in [-0.3, -0.25) is 0 Å². The van der Waals surface area contributed by atoms with E-state index in [1.165, 1.54) is 6.26 Å². The lowest BCUT2D eigenvalue weighted by atomic mass is 9.96. The Balaban J connectivity index is 2.40. The molecule has 0 heterocycles. The Morgan fingerprint density at radius 2 is 1.17 bits per heavy atom. The lowest BCUT2D eigenvalue weighted by Gasteiger charge is -2.17. The van der Waals surface area contributed by atoms with Crippen molar-refractivity contribution < 1.29 is 4.21 Å². The second kappa shape index (κ2) is 6.01. The van der Waals surface area contributed by atoms with Crippen molar-refractivity contribution in [1.29, 1.82) is 4.78 Å². The van der Waals surface area contributed by atoms with Crippen molar-refractivity contribution in [3.63, 3.8) is 0 Å². The molecule has 116 valence electrons. The first kappa shape index (κ1) is 15.5. The Hall–Kier alpha value is -2.39. The zero-order valence-electron chi connectivity index (χ0n) is 13.2. The van der Waals surface area contributed by atoms with E-state index in [2.05, 4.69) is 0 Å². The van der Waals surface area contributed by atoms with Crippen molar-refractivity contribution in [3.05, 3.63) is 78.4 Å². The Bertz CT molecular complexity index is 869. The van der Waals surface area contributed by atoms with E-state index in [9.17, 15) is 4.21 Å². The normalized spacial score (nSPS) is 13.5. The van der Waals surface area contributed by atoms with Gasteiger partial charge in [-0.1, -0.05) is 72.8 Å². The number of nitrogens with one attached hydrogen (secondary N) is 1. The molecular weight excluding hydrogens is 302 g/mol. The number of hydrogen-bond donors (Lipinski definition) is 1. The summed E-state index contributed by atoms with van der Waals surface area (Å²) in [6.45, 7) is 2.03. The fourth-order valence-electron chi connectivity index (χ4n) is 2.86. The van der Waals surface area contributed by atoms with Gasteiger partial charge in [0.05, 0.1) is 14.6 Å². The summed E-state index contributed by atoms with van der Waals surface area (Å²) in [7, 11) is -2.88. The number of benzene rings is 3. The fraction of sp³-hybridized carbons (Fsp3) is 0.100. The molecule has 3 aromatic rings. The van der Waals surface area contributed by atoms with Crippen LogP contribution in [0.25, 0.3) is 22.3 Å². The molecule has 1 N–H and O–H groups in total. The van der Waals surface area contributed by atoms with Crippen LogP contribution in [0.5, 0.6) is 0 Å². The molecule has 1 unspecified atom stereocenters. The zero-order chi connectivity index (χ0) is 16.4. The van der Waals surface area contributed by atoms with Crippen LogP contribution >= 0.6 is 0 Å². The molecule has 0 aliphatic carbocycles. The van der Waals surface area contributed by atoms with E-state index >= 15 is 0 Å². The highest BCUT2D eigenvalue weighted by molar-refractivity contribution is 7.92. The van der Waals surface area contributed by atoms with Crippen LogP contribution in [0.2, 0.25) is 0 Å². The maximum absolute atomic E-state index is 12.8. The Labute approximate surface area is 137 Å². The first-order valence-corrected chi connectivity index (χ1v) is 9.43. The topological polar surface area (TPSA) is 40.9 Å². The van der Waals surface area contributed by atoms with Gasteiger partial charge in [-0.15, -0.1) is 0 Å². The smallest absolute Gasteiger partial charge is 0.0709 e. The van der Waals surface area contributed by atoms with Crippen molar-refractivity contribution in [2.24, 2.45) is 0 Å². The van der Waals surface area contributed by atoms with E-state index in [0.29, 0.717) is 4.90 Å². The van der Waals surface area contributed by atoms with Gasteiger partial charge in [-0.25, -0.2) is 8.99 Å². The van der Waals surface area contributed by atoms with Crippen LogP contribution in [-0.2, 0) is 9.73 Å². The lowest BCUT2D eigenvalue weighted by molar-refractivity contribution is 0.679. The van der Waals surface area contributed by atoms with Gasteiger partial charge in [-0.2, -0.15) is 0 Å². The van der Waals surface area contributed by atoms with Gasteiger partial charge >= 0.3 is 0 Å². The van der Waals surface area contributed by atoms with Crippen molar-refractivity contribution in [2.75, 3.05) is 6.26 Å². The summed E-state index contributed by atoms with van der Waals surface area (Å²) in [5.41, 5.74) is 4.84. The van der Waals surface area contributed by atoms with Crippen molar-refractivity contribution in [3.8, 4) is 22.3 Å². The molecule has 3 rings (SSSR count). The Morgan fingerprint density at radius 1 is 0.783 bits per heavy atom. The molecule has 0 fully saturated rings. The molecule has 0 spiro atoms. The van der Waals surface area contributed by atoms with Crippen LogP contribution < -0.4 is 0 Å². The summed E-state index contributed by atoms with van der Waals surface area (Å²) in [5.74, 6) is 0. The Kier molecular flexibility index (Phi) is 4.05. The third kappa shape index (κ3) is 3.20. The highest BCUT2D eigenvalue weighted by Crippen LogP contribution is 2.37. The quantitative estimate of drug-likeness (QED) is 0.692. The maximum atomic E-state index is 12.8. The molecule has 0 aliphatic rings. The van der Waals surface area contributed by atoms with Crippen molar-refractivity contribution in [1.82, 2.24) is 0 Å². The van der Waals surface area contributed by atoms with E-state index in [-0.39, 0.29) is 0 Å². The molecule has 23 heavy (non-hydrogen) atoms. The zero-order valence-corrected chi connectivity index (χ0v) is 14.1. The standard InChI is InChI=1S/C20H19NOS/c1-15-13-18(16-9-5-3-6-10-16)20(23(2,21)22)19(14-15)17-11-7-4-8-12-17/h3-14,21H,1-2H3. The largest absolute Gasteiger partial charge is 0.249 e. The molecular formula is C20H19NOS. The molecule has 0 saturated carbocycles. The molecule has 3 heteroatoms. The summed E-state index contributed by atoms with van der Waals surface area (Å²) in [6.07, 6.45) is 1.50. The average Bonchev–Trinajstić information content (AvgIpc) is 2.54. The van der Waals surface area contributed by atoms with Gasteiger partial charge < -0.3 is 0 Å². The SMILES string of the molecule is Cc1cc(-c2ccccc2)c(S(C)(=N)=O)c(-c2ccccc2)c1. The predicted molar refractivity (Wildman–Crippen MR) is 97.1 cm³/mol. The Morgan fingerprint density at radius 3 is 1.52 bits per heavy atom. The van der Waals surface area contributed by atoms with Crippen LogP contribution in [0, 0.1) is 11.7 Å². The fourth-order valence-corrected chi connectivity index (χ4v) is 4.05. The van der Waals surface area contributed by atoms with E-state index in [4.69, 9.17) is 4.78 Å². The van der Waals surface area contributed by atoms with Crippen LogP contribution in [0.4, 0.5) is 0 Å². The van der Waals surface area contributed by atoms with Gasteiger partial charge in [0.15, 0.2) is 0 Å². The van der Waals surface area contributed by atoms with E-state index in [0.717, 1.165) is 27.8 Å². The predicted octanol–water partition coefficient (Wildman–Crippen LogP) is 5.36. The number of rotatable bonds is 3. The highest BCUT2D eigenvalue weighted by atomic mass is 32.2. The minimum Gasteiger partial charge on any atom is -0.249 e. The molecule has 1 atom stereocenters. The van der Waals surface area contributed by atoms with Crippen molar-refractivity contribution >= 4 is 9.73 Å². The van der Waals surface area contributed by atoms with Crippen LogP contribution in [0.15, 0.2) is 77.7 Å². The van der Waals surface area contributed by atoms with Crippen molar-refractivity contribution in [2.45, 2.75) is 11.8 Å².